The van der Waals surface area contributed by atoms with E-state index >= 15 is 0 Å². The van der Waals surface area contributed by atoms with Crippen LogP contribution < -0.4 is 0 Å². The number of hydrogen-bond donors (Lipinski definition) is 0. The lowest BCUT2D eigenvalue weighted by molar-refractivity contribution is -0.139. The first-order chi connectivity index (χ1) is 5.35. The minimum Gasteiger partial charge on any atom is -0.376 e. The van der Waals surface area contributed by atoms with E-state index in [1.165, 1.54) is 0 Å². The Morgan fingerprint density at radius 3 is 2.45 bits per heavy atom. The Morgan fingerprint density at radius 2 is 2.00 bits per heavy atom. The molecule has 0 aromatic carbocycles. The molecule has 0 radical (unpaired) electrons. The van der Waals surface area contributed by atoms with Gasteiger partial charge in [-0.15, -0.1) is 6.58 Å². The van der Waals surface area contributed by atoms with E-state index in [4.69, 9.17) is 14.2 Å². The summed E-state index contributed by atoms with van der Waals surface area (Å²) >= 11 is 0. The molecule has 0 aromatic rings. The molecule has 3 nitrogen and oxygen atoms in total. The van der Waals surface area contributed by atoms with Crippen LogP contribution in [0.3, 0.4) is 0 Å². The van der Waals surface area contributed by atoms with Crippen LogP contribution in [-0.4, -0.2) is 33.7 Å². The summed E-state index contributed by atoms with van der Waals surface area (Å²) in [4.78, 5) is 0. The van der Waals surface area contributed by atoms with Crippen molar-refractivity contribution in [3.8, 4) is 0 Å². The molecular weight excluding hydrogens is 144 g/mol. The molecule has 0 rings (SSSR count). The first-order valence-electron chi connectivity index (χ1n) is 3.59. The van der Waals surface area contributed by atoms with Gasteiger partial charge in [-0.3, -0.25) is 0 Å². The van der Waals surface area contributed by atoms with Gasteiger partial charge >= 0.3 is 0 Å². The number of methoxy groups -OCH3 is 2. The van der Waals surface area contributed by atoms with Crippen molar-refractivity contribution < 1.29 is 14.2 Å². The monoisotopic (exact) mass is 160 g/mol. The number of ether oxygens (including phenoxy) is 3. The molecule has 0 fully saturated rings. The van der Waals surface area contributed by atoms with Crippen molar-refractivity contribution in [1.29, 1.82) is 0 Å². The van der Waals surface area contributed by atoms with Gasteiger partial charge in [-0.25, -0.2) is 0 Å². The van der Waals surface area contributed by atoms with Gasteiger partial charge in [-0.05, 0) is 6.42 Å². The van der Waals surface area contributed by atoms with Crippen molar-refractivity contribution in [3.05, 3.63) is 12.7 Å². The minimum atomic E-state index is -0.250. The Morgan fingerprint density at radius 1 is 1.36 bits per heavy atom. The third kappa shape index (κ3) is 6.04. The highest BCUT2D eigenvalue weighted by Gasteiger charge is 2.02. The SMILES string of the molecule is C=CCCOCC(OC)OC. The lowest BCUT2D eigenvalue weighted by Gasteiger charge is -2.12. The van der Waals surface area contributed by atoms with Crippen LogP contribution in [0, 0.1) is 0 Å². The average Bonchev–Trinajstić information content (AvgIpc) is 2.05. The summed E-state index contributed by atoms with van der Waals surface area (Å²) in [5, 5.41) is 0. The van der Waals surface area contributed by atoms with Gasteiger partial charge in [0.1, 0.15) is 0 Å². The van der Waals surface area contributed by atoms with Crippen molar-refractivity contribution in [2.24, 2.45) is 0 Å². The van der Waals surface area contributed by atoms with Crippen LogP contribution in [0.2, 0.25) is 0 Å². The largest absolute Gasteiger partial charge is 0.376 e. The van der Waals surface area contributed by atoms with E-state index in [2.05, 4.69) is 6.58 Å². The van der Waals surface area contributed by atoms with E-state index in [9.17, 15) is 0 Å². The zero-order valence-electron chi connectivity index (χ0n) is 7.21. The maximum absolute atomic E-state index is 5.20. The molecule has 0 spiro atoms. The van der Waals surface area contributed by atoms with E-state index in [1.807, 2.05) is 6.08 Å². The topological polar surface area (TPSA) is 27.7 Å². The Balaban J connectivity index is 3.13. The lowest BCUT2D eigenvalue weighted by atomic mass is 10.4. The molecule has 0 saturated carbocycles. The fourth-order valence-corrected chi connectivity index (χ4v) is 0.579. The van der Waals surface area contributed by atoms with Crippen LogP contribution in [0.25, 0.3) is 0 Å². The molecule has 0 bridgehead atoms. The van der Waals surface area contributed by atoms with Gasteiger partial charge in [-0.2, -0.15) is 0 Å². The fourth-order valence-electron chi connectivity index (χ4n) is 0.579. The second-order valence-electron chi connectivity index (χ2n) is 2.05. The molecule has 0 amide bonds. The second kappa shape index (κ2) is 7.72. The minimum absolute atomic E-state index is 0.250. The van der Waals surface area contributed by atoms with Crippen molar-refractivity contribution in [2.75, 3.05) is 27.4 Å². The second-order valence-corrected chi connectivity index (χ2v) is 2.05. The normalized spacial score (nSPS) is 10.5. The maximum Gasteiger partial charge on any atom is 0.180 e. The van der Waals surface area contributed by atoms with E-state index < -0.39 is 0 Å². The van der Waals surface area contributed by atoms with Gasteiger partial charge in [0.15, 0.2) is 6.29 Å². The molecule has 0 unspecified atom stereocenters. The van der Waals surface area contributed by atoms with Crippen molar-refractivity contribution >= 4 is 0 Å². The van der Waals surface area contributed by atoms with Gasteiger partial charge in [-0.1, -0.05) is 6.08 Å². The van der Waals surface area contributed by atoms with Crippen LogP contribution >= 0.6 is 0 Å². The van der Waals surface area contributed by atoms with E-state index in [1.54, 1.807) is 14.2 Å². The van der Waals surface area contributed by atoms with Crippen LogP contribution in [0.5, 0.6) is 0 Å². The average molecular weight is 160 g/mol. The third-order valence-electron chi connectivity index (χ3n) is 1.25. The Labute approximate surface area is 67.9 Å². The van der Waals surface area contributed by atoms with Crippen LogP contribution in [0.1, 0.15) is 6.42 Å². The third-order valence-corrected chi connectivity index (χ3v) is 1.25. The summed E-state index contributed by atoms with van der Waals surface area (Å²) < 4.78 is 15.0. The van der Waals surface area contributed by atoms with Crippen LogP contribution in [-0.2, 0) is 14.2 Å². The fraction of sp³-hybridized carbons (Fsp3) is 0.750. The summed E-state index contributed by atoms with van der Waals surface area (Å²) in [5.74, 6) is 0. The highest BCUT2D eigenvalue weighted by Crippen LogP contribution is 1.92. The van der Waals surface area contributed by atoms with Gasteiger partial charge in [0.05, 0.1) is 13.2 Å². The number of hydrogen-bond acceptors (Lipinski definition) is 3. The highest BCUT2D eigenvalue weighted by molar-refractivity contribution is 4.64. The summed E-state index contributed by atoms with van der Waals surface area (Å²) in [6.45, 7) is 4.72. The number of rotatable bonds is 7. The first-order valence-corrected chi connectivity index (χ1v) is 3.59. The lowest BCUT2D eigenvalue weighted by Crippen LogP contribution is -2.20. The molecule has 0 aliphatic rings. The molecule has 0 N–H and O–H groups in total. The molecule has 0 heterocycles. The summed E-state index contributed by atoms with van der Waals surface area (Å²) in [6, 6.07) is 0. The smallest absolute Gasteiger partial charge is 0.180 e. The Hall–Kier alpha value is -0.380. The van der Waals surface area contributed by atoms with Crippen molar-refractivity contribution in [1.82, 2.24) is 0 Å². The van der Waals surface area contributed by atoms with Gasteiger partial charge in [0, 0.05) is 14.2 Å². The van der Waals surface area contributed by atoms with Gasteiger partial charge in [0.2, 0.25) is 0 Å². The van der Waals surface area contributed by atoms with Crippen molar-refractivity contribution in [2.45, 2.75) is 12.7 Å². The Kier molecular flexibility index (Phi) is 7.46. The first kappa shape index (κ1) is 10.6. The molecule has 66 valence electrons. The highest BCUT2D eigenvalue weighted by atomic mass is 16.7. The predicted octanol–water partition coefficient (Wildman–Crippen LogP) is 1.20. The molecule has 0 aromatic heterocycles. The van der Waals surface area contributed by atoms with E-state index in [0.29, 0.717) is 13.2 Å². The molecule has 11 heavy (non-hydrogen) atoms. The molecule has 0 saturated heterocycles. The summed E-state index contributed by atoms with van der Waals surface area (Å²) in [6.07, 6.45) is 2.43. The zero-order chi connectivity index (χ0) is 8.53. The molecule has 0 atom stereocenters. The van der Waals surface area contributed by atoms with E-state index in [-0.39, 0.29) is 6.29 Å². The Bertz CT molecular complexity index is 89.3. The zero-order valence-corrected chi connectivity index (χ0v) is 7.21. The summed E-state index contributed by atoms with van der Waals surface area (Å²) in [7, 11) is 3.18. The van der Waals surface area contributed by atoms with Gasteiger partial charge < -0.3 is 14.2 Å². The van der Waals surface area contributed by atoms with Crippen LogP contribution in [0.4, 0.5) is 0 Å². The van der Waals surface area contributed by atoms with E-state index in [0.717, 1.165) is 6.42 Å². The molecule has 0 aliphatic heterocycles. The quantitative estimate of drug-likeness (QED) is 0.318. The molecule has 0 aliphatic carbocycles. The standard InChI is InChI=1S/C8H16O3/c1-4-5-6-11-7-8(9-2)10-3/h4,8H,1,5-7H2,2-3H3. The molecular formula is C8H16O3. The van der Waals surface area contributed by atoms with Crippen LogP contribution in [0.15, 0.2) is 12.7 Å². The van der Waals surface area contributed by atoms with Gasteiger partial charge in [0.25, 0.3) is 0 Å². The predicted molar refractivity (Wildman–Crippen MR) is 43.4 cm³/mol. The van der Waals surface area contributed by atoms with Crippen molar-refractivity contribution in [3.63, 3.8) is 0 Å². The maximum atomic E-state index is 5.20. The molecule has 3 heteroatoms. The summed E-state index contributed by atoms with van der Waals surface area (Å²) in [5.41, 5.74) is 0.